The molecule has 1 heterocycles. The first-order valence-electron chi connectivity index (χ1n) is 4.66. The fourth-order valence-corrected chi connectivity index (χ4v) is 1.61. The van der Waals surface area contributed by atoms with E-state index in [-0.39, 0.29) is 0 Å². The van der Waals surface area contributed by atoms with Gasteiger partial charge in [0, 0.05) is 32.4 Å². The topological polar surface area (TPSA) is 21.1 Å². The van der Waals surface area contributed by atoms with Gasteiger partial charge < -0.3 is 4.90 Å². The highest BCUT2D eigenvalue weighted by atomic mass is 15.3. The molecule has 1 rings (SSSR count). The summed E-state index contributed by atoms with van der Waals surface area (Å²) in [6.07, 6.45) is 0. The second-order valence-corrected chi connectivity index (χ2v) is 4.00. The molecule has 0 N–H and O–H groups in total. The Morgan fingerprint density at radius 1 is 1.31 bits per heavy atom. The van der Waals surface area contributed by atoms with Gasteiger partial charge in [0.25, 0.3) is 0 Å². The highest BCUT2D eigenvalue weighted by Crippen LogP contribution is 2.27. The number of nitrogens with zero attached hydrogens (tertiary/aromatic N) is 3. The van der Waals surface area contributed by atoms with Crippen molar-refractivity contribution in [3.8, 4) is 0 Å². The molecule has 0 radical (unpaired) electrons. The Balaban J connectivity index is 3.27. The van der Waals surface area contributed by atoms with Gasteiger partial charge in [-0.3, -0.25) is 4.68 Å². The van der Waals surface area contributed by atoms with Gasteiger partial charge in [0.1, 0.15) is 0 Å². The SMILES string of the molecule is Cc1c(C(C)C)c(N(C)C)nn1C. The molecule has 0 aliphatic carbocycles. The Morgan fingerprint density at radius 2 is 1.85 bits per heavy atom. The maximum Gasteiger partial charge on any atom is 0.153 e. The van der Waals surface area contributed by atoms with Gasteiger partial charge in [-0.25, -0.2) is 0 Å². The molecule has 0 spiro atoms. The molecule has 0 aliphatic heterocycles. The van der Waals surface area contributed by atoms with Crippen LogP contribution in [0.2, 0.25) is 0 Å². The van der Waals surface area contributed by atoms with Gasteiger partial charge >= 0.3 is 0 Å². The second kappa shape index (κ2) is 3.40. The van der Waals surface area contributed by atoms with E-state index in [0.717, 1.165) is 5.82 Å². The van der Waals surface area contributed by atoms with Crippen LogP contribution < -0.4 is 4.90 Å². The third-order valence-corrected chi connectivity index (χ3v) is 2.36. The number of anilines is 1. The predicted octanol–water partition coefficient (Wildman–Crippen LogP) is 1.92. The van der Waals surface area contributed by atoms with Gasteiger partial charge in [-0.2, -0.15) is 5.10 Å². The summed E-state index contributed by atoms with van der Waals surface area (Å²) in [5.41, 5.74) is 2.62. The van der Waals surface area contributed by atoms with Crippen molar-refractivity contribution in [2.75, 3.05) is 19.0 Å². The minimum absolute atomic E-state index is 0.533. The first-order valence-corrected chi connectivity index (χ1v) is 4.66. The molecule has 0 unspecified atom stereocenters. The van der Waals surface area contributed by atoms with Crippen molar-refractivity contribution >= 4 is 5.82 Å². The molecule has 1 aromatic rings. The molecular formula is C10H19N3. The van der Waals surface area contributed by atoms with Crippen molar-refractivity contribution in [2.24, 2.45) is 7.05 Å². The third kappa shape index (κ3) is 1.69. The van der Waals surface area contributed by atoms with Crippen molar-refractivity contribution in [2.45, 2.75) is 26.7 Å². The molecule has 3 heteroatoms. The van der Waals surface area contributed by atoms with E-state index in [1.54, 1.807) is 0 Å². The quantitative estimate of drug-likeness (QED) is 0.695. The Labute approximate surface area is 80.4 Å². The van der Waals surface area contributed by atoms with Crippen molar-refractivity contribution in [1.29, 1.82) is 0 Å². The molecule has 0 fully saturated rings. The molecule has 3 nitrogen and oxygen atoms in total. The van der Waals surface area contributed by atoms with Crippen molar-refractivity contribution in [3.63, 3.8) is 0 Å². The lowest BCUT2D eigenvalue weighted by Gasteiger charge is -2.13. The van der Waals surface area contributed by atoms with Gasteiger partial charge in [-0.15, -0.1) is 0 Å². The van der Waals surface area contributed by atoms with Crippen molar-refractivity contribution in [1.82, 2.24) is 9.78 Å². The number of hydrogen-bond acceptors (Lipinski definition) is 2. The van der Waals surface area contributed by atoms with Crippen LogP contribution in [-0.2, 0) is 7.05 Å². The second-order valence-electron chi connectivity index (χ2n) is 4.00. The Bertz CT molecular complexity index is 297. The summed E-state index contributed by atoms with van der Waals surface area (Å²) in [5.74, 6) is 1.63. The smallest absolute Gasteiger partial charge is 0.153 e. The van der Waals surface area contributed by atoms with E-state index >= 15 is 0 Å². The molecule has 1 aromatic heterocycles. The lowest BCUT2D eigenvalue weighted by molar-refractivity contribution is 0.731. The van der Waals surface area contributed by atoms with Gasteiger partial charge in [-0.1, -0.05) is 13.8 Å². The number of rotatable bonds is 2. The summed E-state index contributed by atoms with van der Waals surface area (Å²) in [6, 6.07) is 0. The van der Waals surface area contributed by atoms with E-state index in [2.05, 4.69) is 30.8 Å². The molecule has 74 valence electrons. The zero-order chi connectivity index (χ0) is 10.2. The van der Waals surface area contributed by atoms with Crippen LogP contribution in [0.25, 0.3) is 0 Å². The van der Waals surface area contributed by atoms with Gasteiger partial charge in [0.2, 0.25) is 0 Å². The monoisotopic (exact) mass is 181 g/mol. The summed E-state index contributed by atoms with van der Waals surface area (Å²) in [6.45, 7) is 6.53. The summed E-state index contributed by atoms with van der Waals surface area (Å²) in [5, 5.41) is 4.47. The lowest BCUT2D eigenvalue weighted by Crippen LogP contribution is -2.12. The number of aromatic nitrogens is 2. The summed E-state index contributed by atoms with van der Waals surface area (Å²) < 4.78 is 1.95. The van der Waals surface area contributed by atoms with Gasteiger partial charge in [0.15, 0.2) is 5.82 Å². The standard InChI is InChI=1S/C10H19N3/c1-7(2)9-8(3)13(6)11-10(9)12(4)5/h7H,1-6H3. The maximum absolute atomic E-state index is 4.47. The first kappa shape index (κ1) is 10.1. The van der Waals surface area contributed by atoms with Crippen LogP contribution in [0, 0.1) is 6.92 Å². The molecule has 0 atom stereocenters. The van der Waals surface area contributed by atoms with Crippen molar-refractivity contribution < 1.29 is 0 Å². The Morgan fingerprint density at radius 3 is 2.15 bits per heavy atom. The molecule has 13 heavy (non-hydrogen) atoms. The summed E-state index contributed by atoms with van der Waals surface area (Å²) >= 11 is 0. The summed E-state index contributed by atoms with van der Waals surface area (Å²) in [4.78, 5) is 2.07. The van der Waals surface area contributed by atoms with E-state index in [9.17, 15) is 0 Å². The fraction of sp³-hybridized carbons (Fsp3) is 0.700. The maximum atomic E-state index is 4.47. The van der Waals surface area contributed by atoms with Crippen LogP contribution in [0.1, 0.15) is 31.0 Å². The highest BCUT2D eigenvalue weighted by Gasteiger charge is 2.16. The minimum Gasteiger partial charge on any atom is -0.361 e. The predicted molar refractivity (Wildman–Crippen MR) is 56.4 cm³/mol. The van der Waals surface area contributed by atoms with Crippen LogP contribution in [0.3, 0.4) is 0 Å². The average molecular weight is 181 g/mol. The van der Waals surface area contributed by atoms with Crippen LogP contribution >= 0.6 is 0 Å². The molecular weight excluding hydrogens is 162 g/mol. The van der Waals surface area contributed by atoms with Gasteiger partial charge in [0.05, 0.1) is 0 Å². The largest absolute Gasteiger partial charge is 0.361 e. The van der Waals surface area contributed by atoms with E-state index in [1.807, 2.05) is 25.8 Å². The van der Waals surface area contributed by atoms with E-state index in [0.29, 0.717) is 5.92 Å². The zero-order valence-electron chi connectivity index (χ0n) is 9.42. The normalized spacial score (nSPS) is 11.0. The molecule has 0 amide bonds. The van der Waals surface area contributed by atoms with Crippen LogP contribution in [-0.4, -0.2) is 23.9 Å². The molecule has 0 saturated carbocycles. The van der Waals surface area contributed by atoms with Crippen LogP contribution in [0.15, 0.2) is 0 Å². The summed E-state index contributed by atoms with van der Waals surface area (Å²) in [7, 11) is 6.06. The van der Waals surface area contributed by atoms with Crippen molar-refractivity contribution in [3.05, 3.63) is 11.3 Å². The van der Waals surface area contributed by atoms with E-state index in [1.165, 1.54) is 11.3 Å². The molecule has 0 aromatic carbocycles. The average Bonchev–Trinajstić information content (AvgIpc) is 2.28. The Hall–Kier alpha value is -0.990. The van der Waals surface area contributed by atoms with Crippen LogP contribution in [0.4, 0.5) is 5.82 Å². The third-order valence-electron chi connectivity index (χ3n) is 2.36. The fourth-order valence-electron chi connectivity index (χ4n) is 1.61. The molecule has 0 saturated heterocycles. The lowest BCUT2D eigenvalue weighted by atomic mass is 10.0. The van der Waals surface area contributed by atoms with Gasteiger partial charge in [-0.05, 0) is 12.8 Å². The molecule has 0 aliphatic rings. The first-order chi connectivity index (χ1) is 5.95. The van der Waals surface area contributed by atoms with E-state index < -0.39 is 0 Å². The number of aryl methyl sites for hydroxylation is 1. The minimum atomic E-state index is 0.533. The highest BCUT2D eigenvalue weighted by molar-refractivity contribution is 5.49. The Kier molecular flexibility index (Phi) is 2.64. The molecule has 0 bridgehead atoms. The van der Waals surface area contributed by atoms with E-state index in [4.69, 9.17) is 0 Å². The zero-order valence-corrected chi connectivity index (χ0v) is 9.42. The van der Waals surface area contributed by atoms with Crippen LogP contribution in [0.5, 0.6) is 0 Å². The number of hydrogen-bond donors (Lipinski definition) is 0.